The van der Waals surface area contributed by atoms with Crippen molar-refractivity contribution < 1.29 is 4.74 Å². The summed E-state index contributed by atoms with van der Waals surface area (Å²) < 4.78 is 5.75. The van der Waals surface area contributed by atoms with Gasteiger partial charge in [-0.15, -0.1) is 0 Å². The Kier molecular flexibility index (Phi) is 4.68. The molecule has 106 valence electrons. The van der Waals surface area contributed by atoms with E-state index in [1.807, 2.05) is 0 Å². The minimum absolute atomic E-state index is 0.255. The van der Waals surface area contributed by atoms with E-state index in [4.69, 9.17) is 4.74 Å². The highest BCUT2D eigenvalue weighted by atomic mass is 16.5. The van der Waals surface area contributed by atoms with E-state index in [1.165, 1.54) is 25.8 Å². The Morgan fingerprint density at radius 2 is 2.28 bits per heavy atom. The zero-order chi connectivity index (χ0) is 13.2. The van der Waals surface area contributed by atoms with Crippen molar-refractivity contribution in [1.29, 1.82) is 0 Å². The largest absolute Gasteiger partial charge is 0.380 e. The van der Waals surface area contributed by atoms with Crippen molar-refractivity contribution in [3.05, 3.63) is 0 Å². The van der Waals surface area contributed by atoms with Crippen molar-refractivity contribution in [1.82, 2.24) is 10.2 Å². The first kappa shape index (κ1) is 14.3. The van der Waals surface area contributed by atoms with Gasteiger partial charge in [0.05, 0.1) is 6.61 Å². The van der Waals surface area contributed by atoms with Gasteiger partial charge in [0.2, 0.25) is 0 Å². The van der Waals surface area contributed by atoms with Crippen LogP contribution in [0.25, 0.3) is 0 Å². The van der Waals surface area contributed by atoms with Gasteiger partial charge in [-0.1, -0.05) is 20.3 Å². The van der Waals surface area contributed by atoms with Crippen molar-refractivity contribution in [2.24, 2.45) is 5.92 Å². The maximum absolute atomic E-state index is 5.75. The molecule has 2 heterocycles. The molecular formula is C15H30N2O. The number of hydrogen-bond acceptors (Lipinski definition) is 3. The van der Waals surface area contributed by atoms with E-state index in [0.717, 1.165) is 25.7 Å². The van der Waals surface area contributed by atoms with E-state index in [9.17, 15) is 0 Å². The number of rotatable bonds is 3. The molecule has 2 saturated heterocycles. The van der Waals surface area contributed by atoms with Crippen LogP contribution in [0.3, 0.4) is 0 Å². The first-order valence-corrected chi connectivity index (χ1v) is 7.64. The lowest BCUT2D eigenvalue weighted by atomic mass is 9.87. The Morgan fingerprint density at radius 3 is 2.89 bits per heavy atom. The highest BCUT2D eigenvalue weighted by molar-refractivity contribution is 4.97. The Bertz CT molecular complexity index is 263. The van der Waals surface area contributed by atoms with Gasteiger partial charge in [0.1, 0.15) is 0 Å². The first-order chi connectivity index (χ1) is 8.57. The number of hydrogen-bond donors (Lipinski definition) is 1. The van der Waals surface area contributed by atoms with Crippen molar-refractivity contribution in [2.75, 3.05) is 26.3 Å². The second-order valence-electron chi connectivity index (χ2n) is 6.55. The molecule has 2 fully saturated rings. The molecule has 2 aliphatic heterocycles. The Morgan fingerprint density at radius 1 is 1.50 bits per heavy atom. The Hall–Kier alpha value is -0.120. The molecule has 0 aliphatic carbocycles. The molecule has 3 heteroatoms. The molecule has 0 bridgehead atoms. The van der Waals surface area contributed by atoms with Crippen LogP contribution < -0.4 is 5.32 Å². The second kappa shape index (κ2) is 5.89. The highest BCUT2D eigenvalue weighted by Crippen LogP contribution is 2.30. The summed E-state index contributed by atoms with van der Waals surface area (Å²) in [5.41, 5.74) is 0.255. The van der Waals surface area contributed by atoms with Crippen LogP contribution in [0.2, 0.25) is 0 Å². The van der Waals surface area contributed by atoms with Gasteiger partial charge >= 0.3 is 0 Å². The molecule has 2 rings (SSSR count). The fraction of sp³-hybridized carbons (Fsp3) is 1.00. The van der Waals surface area contributed by atoms with Crippen LogP contribution in [-0.2, 0) is 4.74 Å². The van der Waals surface area contributed by atoms with Gasteiger partial charge in [0.15, 0.2) is 0 Å². The van der Waals surface area contributed by atoms with Crippen molar-refractivity contribution in [3.8, 4) is 0 Å². The molecule has 4 unspecified atom stereocenters. The molecule has 4 atom stereocenters. The molecule has 2 aliphatic rings. The fourth-order valence-electron chi connectivity index (χ4n) is 3.45. The van der Waals surface area contributed by atoms with Gasteiger partial charge in [0.25, 0.3) is 0 Å². The molecule has 0 radical (unpaired) electrons. The smallest absolute Gasteiger partial charge is 0.0647 e. The standard InChI is InChI=1S/C15H30N2O/c1-5-12(2)14-10-17(13(3)9-16-14)15(4)7-6-8-18-11-15/h12-14,16H,5-11H2,1-4H3. The highest BCUT2D eigenvalue weighted by Gasteiger charge is 2.40. The van der Waals surface area contributed by atoms with E-state index in [1.54, 1.807) is 0 Å². The van der Waals surface area contributed by atoms with Crippen LogP contribution in [0.1, 0.15) is 47.0 Å². The van der Waals surface area contributed by atoms with Crippen LogP contribution in [0.5, 0.6) is 0 Å². The summed E-state index contributed by atoms with van der Waals surface area (Å²) in [5, 5.41) is 3.72. The lowest BCUT2D eigenvalue weighted by Crippen LogP contribution is -2.65. The minimum atomic E-state index is 0.255. The van der Waals surface area contributed by atoms with E-state index < -0.39 is 0 Å². The van der Waals surface area contributed by atoms with Gasteiger partial charge in [-0.2, -0.15) is 0 Å². The Balaban J connectivity index is 2.04. The molecular weight excluding hydrogens is 224 g/mol. The average Bonchev–Trinajstić information content (AvgIpc) is 2.39. The topological polar surface area (TPSA) is 24.5 Å². The predicted molar refractivity (Wildman–Crippen MR) is 75.9 cm³/mol. The monoisotopic (exact) mass is 254 g/mol. The molecule has 0 saturated carbocycles. The zero-order valence-electron chi connectivity index (χ0n) is 12.5. The third-order valence-electron chi connectivity index (χ3n) is 5.04. The minimum Gasteiger partial charge on any atom is -0.380 e. The molecule has 0 aromatic carbocycles. The first-order valence-electron chi connectivity index (χ1n) is 7.64. The Labute approximate surface area is 112 Å². The molecule has 0 amide bonds. The molecule has 0 spiro atoms. The molecule has 0 aromatic rings. The van der Waals surface area contributed by atoms with Crippen molar-refractivity contribution in [3.63, 3.8) is 0 Å². The van der Waals surface area contributed by atoms with Crippen LogP contribution in [-0.4, -0.2) is 48.8 Å². The van der Waals surface area contributed by atoms with E-state index in [2.05, 4.69) is 37.9 Å². The predicted octanol–water partition coefficient (Wildman–Crippen LogP) is 2.26. The van der Waals surface area contributed by atoms with Crippen LogP contribution in [0, 0.1) is 5.92 Å². The SMILES string of the molecule is CCC(C)C1CN(C2(C)CCCOC2)C(C)CN1. The second-order valence-corrected chi connectivity index (χ2v) is 6.55. The summed E-state index contributed by atoms with van der Waals surface area (Å²) in [5.74, 6) is 0.758. The van der Waals surface area contributed by atoms with E-state index >= 15 is 0 Å². The summed E-state index contributed by atoms with van der Waals surface area (Å²) in [4.78, 5) is 2.71. The zero-order valence-corrected chi connectivity index (χ0v) is 12.5. The molecule has 1 N–H and O–H groups in total. The van der Waals surface area contributed by atoms with Crippen molar-refractivity contribution >= 4 is 0 Å². The summed E-state index contributed by atoms with van der Waals surface area (Å²) in [6, 6.07) is 1.27. The summed E-state index contributed by atoms with van der Waals surface area (Å²) in [7, 11) is 0. The number of piperazine rings is 1. The summed E-state index contributed by atoms with van der Waals surface area (Å²) in [6.07, 6.45) is 3.75. The normalized spacial score (nSPS) is 40.7. The van der Waals surface area contributed by atoms with Gasteiger partial charge in [-0.25, -0.2) is 0 Å². The molecule has 0 aromatic heterocycles. The number of nitrogens with one attached hydrogen (secondary N) is 1. The lowest BCUT2D eigenvalue weighted by Gasteiger charge is -2.51. The number of ether oxygens (including phenoxy) is 1. The molecule has 18 heavy (non-hydrogen) atoms. The van der Waals surface area contributed by atoms with Gasteiger partial charge in [-0.05, 0) is 32.6 Å². The van der Waals surface area contributed by atoms with Gasteiger partial charge in [-0.3, -0.25) is 4.90 Å². The fourth-order valence-corrected chi connectivity index (χ4v) is 3.45. The third-order valence-corrected chi connectivity index (χ3v) is 5.04. The van der Waals surface area contributed by atoms with E-state index in [0.29, 0.717) is 12.1 Å². The molecule has 3 nitrogen and oxygen atoms in total. The van der Waals surface area contributed by atoms with Crippen molar-refractivity contribution in [2.45, 2.75) is 64.6 Å². The van der Waals surface area contributed by atoms with Crippen LogP contribution in [0.4, 0.5) is 0 Å². The maximum atomic E-state index is 5.75. The third kappa shape index (κ3) is 2.89. The van der Waals surface area contributed by atoms with Gasteiger partial charge < -0.3 is 10.1 Å². The summed E-state index contributed by atoms with van der Waals surface area (Å²) >= 11 is 0. The quantitative estimate of drug-likeness (QED) is 0.836. The number of nitrogens with zero attached hydrogens (tertiary/aromatic N) is 1. The van der Waals surface area contributed by atoms with Gasteiger partial charge in [0, 0.05) is 37.3 Å². The summed E-state index contributed by atoms with van der Waals surface area (Å²) in [6.45, 7) is 13.5. The van der Waals surface area contributed by atoms with Crippen LogP contribution in [0.15, 0.2) is 0 Å². The average molecular weight is 254 g/mol. The lowest BCUT2D eigenvalue weighted by molar-refractivity contribution is -0.0712. The van der Waals surface area contributed by atoms with E-state index in [-0.39, 0.29) is 5.54 Å². The van der Waals surface area contributed by atoms with Crippen LogP contribution >= 0.6 is 0 Å². The maximum Gasteiger partial charge on any atom is 0.0647 e.